The van der Waals surface area contributed by atoms with Crippen LogP contribution in [0.15, 0.2) is 10.7 Å². The van der Waals surface area contributed by atoms with Crippen LogP contribution >= 0.6 is 0 Å². The summed E-state index contributed by atoms with van der Waals surface area (Å²) in [5.41, 5.74) is 0.185. The third kappa shape index (κ3) is 2.57. The highest BCUT2D eigenvalue weighted by molar-refractivity contribution is 5.87. The van der Waals surface area contributed by atoms with Crippen molar-refractivity contribution in [1.82, 2.24) is 5.16 Å². The van der Waals surface area contributed by atoms with E-state index in [9.17, 15) is 4.79 Å². The minimum Gasteiger partial charge on any atom is -0.454 e. The standard InChI is InChI=1S/C9H13NO3/c1-6-5-10-13-7(6)8(11)12-9(2,3)4/h5H,1-4H3. The van der Waals surface area contributed by atoms with Gasteiger partial charge in [0, 0.05) is 5.56 Å². The zero-order valence-electron chi connectivity index (χ0n) is 8.25. The lowest BCUT2D eigenvalue weighted by Crippen LogP contribution is -2.23. The Morgan fingerprint density at radius 3 is 2.54 bits per heavy atom. The van der Waals surface area contributed by atoms with Gasteiger partial charge in [-0.1, -0.05) is 5.16 Å². The van der Waals surface area contributed by atoms with E-state index < -0.39 is 11.6 Å². The van der Waals surface area contributed by atoms with E-state index in [4.69, 9.17) is 9.26 Å². The molecule has 1 heterocycles. The van der Waals surface area contributed by atoms with Crippen molar-refractivity contribution in [2.45, 2.75) is 33.3 Å². The summed E-state index contributed by atoms with van der Waals surface area (Å²) in [5, 5.41) is 3.50. The fourth-order valence-corrected chi connectivity index (χ4v) is 0.811. The molecule has 0 bridgehead atoms. The van der Waals surface area contributed by atoms with Gasteiger partial charge in [-0.15, -0.1) is 0 Å². The first-order valence-corrected chi connectivity index (χ1v) is 4.05. The Hall–Kier alpha value is -1.32. The second kappa shape index (κ2) is 3.20. The smallest absolute Gasteiger partial charge is 0.377 e. The predicted molar refractivity (Wildman–Crippen MR) is 46.4 cm³/mol. The van der Waals surface area contributed by atoms with Crippen molar-refractivity contribution >= 4 is 5.97 Å². The Morgan fingerprint density at radius 2 is 2.15 bits per heavy atom. The zero-order valence-corrected chi connectivity index (χ0v) is 8.25. The van der Waals surface area contributed by atoms with Crippen LogP contribution in [0.25, 0.3) is 0 Å². The molecule has 0 amide bonds. The van der Waals surface area contributed by atoms with Gasteiger partial charge >= 0.3 is 5.97 Å². The van der Waals surface area contributed by atoms with Crippen LogP contribution in [-0.4, -0.2) is 16.7 Å². The minimum atomic E-state index is -0.504. The second-order valence-electron chi connectivity index (χ2n) is 3.84. The number of ether oxygens (including phenoxy) is 1. The van der Waals surface area contributed by atoms with E-state index in [0.29, 0.717) is 5.56 Å². The van der Waals surface area contributed by atoms with Gasteiger partial charge in [0.25, 0.3) is 0 Å². The van der Waals surface area contributed by atoms with Crippen LogP contribution in [0.2, 0.25) is 0 Å². The van der Waals surface area contributed by atoms with Crippen LogP contribution < -0.4 is 0 Å². The first-order chi connectivity index (χ1) is 5.90. The summed E-state index contributed by atoms with van der Waals surface area (Å²) < 4.78 is 9.84. The first-order valence-electron chi connectivity index (χ1n) is 4.05. The van der Waals surface area contributed by atoms with Crippen molar-refractivity contribution in [2.24, 2.45) is 0 Å². The number of aryl methyl sites for hydroxylation is 1. The number of aromatic nitrogens is 1. The van der Waals surface area contributed by atoms with Gasteiger partial charge in [-0.3, -0.25) is 0 Å². The van der Waals surface area contributed by atoms with E-state index >= 15 is 0 Å². The summed E-state index contributed by atoms with van der Waals surface area (Å²) in [7, 11) is 0. The summed E-state index contributed by atoms with van der Waals surface area (Å²) in [6.07, 6.45) is 1.49. The fourth-order valence-electron chi connectivity index (χ4n) is 0.811. The molecule has 4 nitrogen and oxygen atoms in total. The Bertz CT molecular complexity index is 309. The number of carbonyl (C=O) groups is 1. The topological polar surface area (TPSA) is 52.3 Å². The molecule has 72 valence electrons. The first kappa shape index (κ1) is 9.77. The van der Waals surface area contributed by atoms with Gasteiger partial charge in [0.1, 0.15) is 5.60 Å². The monoisotopic (exact) mass is 183 g/mol. The SMILES string of the molecule is Cc1cnoc1C(=O)OC(C)(C)C. The maximum Gasteiger partial charge on any atom is 0.377 e. The summed E-state index contributed by atoms with van der Waals surface area (Å²) in [6.45, 7) is 7.15. The summed E-state index contributed by atoms with van der Waals surface area (Å²) in [6, 6.07) is 0. The molecule has 13 heavy (non-hydrogen) atoms. The number of hydrogen-bond donors (Lipinski definition) is 0. The van der Waals surface area contributed by atoms with Crippen LogP contribution in [0.1, 0.15) is 36.9 Å². The van der Waals surface area contributed by atoms with Crippen molar-refractivity contribution in [3.63, 3.8) is 0 Å². The van der Waals surface area contributed by atoms with Gasteiger partial charge in [0.05, 0.1) is 6.20 Å². The Morgan fingerprint density at radius 1 is 1.54 bits per heavy atom. The molecule has 0 saturated carbocycles. The number of esters is 1. The molecule has 0 aliphatic heterocycles. The van der Waals surface area contributed by atoms with Gasteiger partial charge < -0.3 is 9.26 Å². The lowest BCUT2D eigenvalue weighted by molar-refractivity contribution is 0.00267. The highest BCUT2D eigenvalue weighted by atomic mass is 16.6. The molecule has 0 fully saturated rings. The number of rotatable bonds is 1. The molecular formula is C9H13NO3. The lowest BCUT2D eigenvalue weighted by atomic mass is 10.2. The molecular weight excluding hydrogens is 170 g/mol. The van der Waals surface area contributed by atoms with Crippen molar-refractivity contribution in [2.75, 3.05) is 0 Å². The molecule has 1 aromatic heterocycles. The number of carbonyl (C=O) groups excluding carboxylic acids is 1. The molecule has 0 N–H and O–H groups in total. The number of nitrogens with zero attached hydrogens (tertiary/aromatic N) is 1. The zero-order chi connectivity index (χ0) is 10.1. The summed E-state index contributed by atoms with van der Waals surface area (Å²) in [4.78, 5) is 11.4. The Balaban J connectivity index is 2.76. The van der Waals surface area contributed by atoms with Crippen molar-refractivity contribution < 1.29 is 14.1 Å². The summed E-state index contributed by atoms with van der Waals surface area (Å²) >= 11 is 0. The highest BCUT2D eigenvalue weighted by Gasteiger charge is 2.22. The van der Waals surface area contributed by atoms with Crippen LogP contribution in [0, 0.1) is 6.92 Å². The van der Waals surface area contributed by atoms with Crippen LogP contribution in [-0.2, 0) is 4.74 Å². The van der Waals surface area contributed by atoms with Crippen LogP contribution in [0.4, 0.5) is 0 Å². The van der Waals surface area contributed by atoms with Gasteiger partial charge in [0.15, 0.2) is 0 Å². The van der Waals surface area contributed by atoms with Crippen LogP contribution in [0.3, 0.4) is 0 Å². The molecule has 0 aromatic carbocycles. The molecule has 0 saturated heterocycles. The molecule has 0 spiro atoms. The summed E-state index contributed by atoms with van der Waals surface area (Å²) in [5.74, 6) is -0.294. The quantitative estimate of drug-likeness (QED) is 0.624. The molecule has 1 rings (SSSR count). The molecule has 1 aromatic rings. The second-order valence-corrected chi connectivity index (χ2v) is 3.84. The van der Waals surface area contributed by atoms with Gasteiger partial charge in [0.2, 0.25) is 5.76 Å². The lowest BCUT2D eigenvalue weighted by Gasteiger charge is -2.18. The minimum absolute atomic E-state index is 0.176. The van der Waals surface area contributed by atoms with E-state index in [1.165, 1.54) is 6.20 Å². The molecule has 0 aliphatic carbocycles. The Labute approximate surface area is 76.9 Å². The normalized spacial score (nSPS) is 11.4. The van der Waals surface area contributed by atoms with E-state index in [0.717, 1.165) is 0 Å². The van der Waals surface area contributed by atoms with Gasteiger partial charge in [-0.25, -0.2) is 4.79 Å². The predicted octanol–water partition coefficient (Wildman–Crippen LogP) is 1.94. The van der Waals surface area contributed by atoms with Crippen molar-refractivity contribution in [3.8, 4) is 0 Å². The molecule has 0 radical (unpaired) electrons. The van der Waals surface area contributed by atoms with Gasteiger partial charge in [-0.05, 0) is 27.7 Å². The van der Waals surface area contributed by atoms with Gasteiger partial charge in [-0.2, -0.15) is 0 Å². The molecule has 4 heteroatoms. The maximum atomic E-state index is 11.4. The van der Waals surface area contributed by atoms with E-state index in [2.05, 4.69) is 5.16 Å². The van der Waals surface area contributed by atoms with E-state index in [1.807, 2.05) is 0 Å². The maximum absolute atomic E-state index is 11.4. The van der Waals surface area contributed by atoms with Crippen molar-refractivity contribution in [3.05, 3.63) is 17.5 Å². The van der Waals surface area contributed by atoms with E-state index in [-0.39, 0.29) is 5.76 Å². The largest absolute Gasteiger partial charge is 0.454 e. The Kier molecular flexibility index (Phi) is 2.40. The molecule has 0 unspecified atom stereocenters. The average molecular weight is 183 g/mol. The highest BCUT2D eigenvalue weighted by Crippen LogP contribution is 2.14. The van der Waals surface area contributed by atoms with Crippen LogP contribution in [0.5, 0.6) is 0 Å². The average Bonchev–Trinajstić information content (AvgIpc) is 2.30. The fraction of sp³-hybridized carbons (Fsp3) is 0.556. The third-order valence-electron chi connectivity index (χ3n) is 1.33. The molecule has 0 atom stereocenters. The third-order valence-corrected chi connectivity index (χ3v) is 1.33. The van der Waals surface area contributed by atoms with Crippen molar-refractivity contribution in [1.29, 1.82) is 0 Å². The molecule has 0 aliphatic rings. The number of hydrogen-bond acceptors (Lipinski definition) is 4. The van der Waals surface area contributed by atoms with E-state index in [1.54, 1.807) is 27.7 Å².